The van der Waals surface area contributed by atoms with Crippen LogP contribution in [0.2, 0.25) is 0 Å². The minimum atomic E-state index is 0.402. The van der Waals surface area contributed by atoms with Crippen molar-refractivity contribution in [3.8, 4) is 0 Å². The molecule has 1 heterocycles. The predicted octanol–water partition coefficient (Wildman–Crippen LogP) is 3.07. The van der Waals surface area contributed by atoms with Gasteiger partial charge in [-0.25, -0.2) is 4.98 Å². The standard InChI is InChI=1S/C13H18N2S/c1-8-7-16-13(14-8)9(2)15-12-6-10-4-3-5-11(10)12/h3,5,7,9-12,15H,4,6H2,1-2H3. The average molecular weight is 234 g/mol. The maximum Gasteiger partial charge on any atom is 0.110 e. The van der Waals surface area contributed by atoms with Crippen LogP contribution in [0.15, 0.2) is 17.5 Å². The first-order chi connectivity index (χ1) is 7.74. The summed E-state index contributed by atoms with van der Waals surface area (Å²) in [6.45, 7) is 4.29. The van der Waals surface area contributed by atoms with E-state index in [4.69, 9.17) is 0 Å². The summed E-state index contributed by atoms with van der Waals surface area (Å²) in [5.74, 6) is 1.73. The molecule has 3 rings (SSSR count). The zero-order valence-corrected chi connectivity index (χ0v) is 10.6. The van der Waals surface area contributed by atoms with E-state index < -0.39 is 0 Å². The van der Waals surface area contributed by atoms with E-state index in [0.717, 1.165) is 17.5 Å². The van der Waals surface area contributed by atoms with Crippen molar-refractivity contribution < 1.29 is 0 Å². The Hall–Kier alpha value is -0.670. The molecule has 1 aromatic heterocycles. The molecule has 0 saturated heterocycles. The quantitative estimate of drug-likeness (QED) is 0.813. The topological polar surface area (TPSA) is 24.9 Å². The molecule has 2 nitrogen and oxygen atoms in total. The minimum absolute atomic E-state index is 0.402. The van der Waals surface area contributed by atoms with Crippen LogP contribution < -0.4 is 5.32 Å². The monoisotopic (exact) mass is 234 g/mol. The first kappa shape index (κ1) is 10.5. The third kappa shape index (κ3) is 1.72. The first-order valence-electron chi connectivity index (χ1n) is 6.09. The molecule has 3 heteroatoms. The van der Waals surface area contributed by atoms with Crippen molar-refractivity contribution in [1.29, 1.82) is 0 Å². The van der Waals surface area contributed by atoms with Crippen molar-refractivity contribution in [3.05, 3.63) is 28.2 Å². The Morgan fingerprint density at radius 3 is 3.12 bits per heavy atom. The Balaban J connectivity index is 1.61. The van der Waals surface area contributed by atoms with Gasteiger partial charge in [0.25, 0.3) is 0 Å². The van der Waals surface area contributed by atoms with Crippen LogP contribution in [0, 0.1) is 18.8 Å². The molecule has 0 amide bonds. The molecule has 2 aliphatic carbocycles. The molecule has 1 N–H and O–H groups in total. The highest BCUT2D eigenvalue weighted by molar-refractivity contribution is 7.09. The molecule has 1 fully saturated rings. The molecule has 0 radical (unpaired) electrons. The predicted molar refractivity (Wildman–Crippen MR) is 67.5 cm³/mol. The molecular formula is C13H18N2S. The maximum atomic E-state index is 4.55. The fraction of sp³-hybridized carbons (Fsp3) is 0.615. The van der Waals surface area contributed by atoms with Crippen molar-refractivity contribution >= 4 is 11.3 Å². The Labute approximate surface area is 101 Å². The number of thiazole rings is 1. The van der Waals surface area contributed by atoms with E-state index in [0.29, 0.717) is 12.1 Å². The van der Waals surface area contributed by atoms with Crippen LogP contribution in [0.4, 0.5) is 0 Å². The summed E-state index contributed by atoms with van der Waals surface area (Å²) < 4.78 is 0. The number of nitrogens with zero attached hydrogens (tertiary/aromatic N) is 1. The van der Waals surface area contributed by atoms with Gasteiger partial charge in [0.2, 0.25) is 0 Å². The lowest BCUT2D eigenvalue weighted by atomic mass is 9.71. The van der Waals surface area contributed by atoms with E-state index in [1.807, 2.05) is 0 Å². The van der Waals surface area contributed by atoms with Crippen LogP contribution in [-0.4, -0.2) is 11.0 Å². The van der Waals surface area contributed by atoms with Crippen LogP contribution in [-0.2, 0) is 0 Å². The van der Waals surface area contributed by atoms with Crippen molar-refractivity contribution in [3.63, 3.8) is 0 Å². The molecule has 0 bridgehead atoms. The molecule has 2 aliphatic rings. The van der Waals surface area contributed by atoms with Gasteiger partial charge in [-0.1, -0.05) is 12.2 Å². The third-order valence-corrected chi connectivity index (χ3v) is 4.98. The molecule has 16 heavy (non-hydrogen) atoms. The average Bonchev–Trinajstić information content (AvgIpc) is 2.81. The molecule has 86 valence electrons. The van der Waals surface area contributed by atoms with Crippen molar-refractivity contribution in [2.45, 2.75) is 38.8 Å². The second-order valence-electron chi connectivity index (χ2n) is 5.06. The summed E-state index contributed by atoms with van der Waals surface area (Å²) in [5, 5.41) is 7.07. The van der Waals surface area contributed by atoms with Gasteiger partial charge in [0.1, 0.15) is 5.01 Å². The highest BCUT2D eigenvalue weighted by atomic mass is 32.1. The number of hydrogen-bond donors (Lipinski definition) is 1. The largest absolute Gasteiger partial charge is 0.305 e. The fourth-order valence-electron chi connectivity index (χ4n) is 2.87. The summed E-state index contributed by atoms with van der Waals surface area (Å²) in [4.78, 5) is 4.55. The lowest BCUT2D eigenvalue weighted by Gasteiger charge is -2.42. The molecule has 0 spiro atoms. The molecule has 4 atom stereocenters. The third-order valence-electron chi connectivity index (χ3n) is 3.83. The van der Waals surface area contributed by atoms with Crippen LogP contribution in [0.5, 0.6) is 0 Å². The van der Waals surface area contributed by atoms with Crippen LogP contribution in [0.3, 0.4) is 0 Å². The Morgan fingerprint density at radius 1 is 1.56 bits per heavy atom. The van der Waals surface area contributed by atoms with Gasteiger partial charge in [0, 0.05) is 17.1 Å². The number of fused-ring (bicyclic) bond motifs is 1. The van der Waals surface area contributed by atoms with Gasteiger partial charge in [0.05, 0.1) is 6.04 Å². The fourth-order valence-corrected chi connectivity index (χ4v) is 3.68. The van der Waals surface area contributed by atoms with E-state index in [-0.39, 0.29) is 0 Å². The van der Waals surface area contributed by atoms with Gasteiger partial charge in [-0.15, -0.1) is 11.3 Å². The summed E-state index contributed by atoms with van der Waals surface area (Å²) in [6.07, 6.45) is 7.38. The number of aryl methyl sites for hydroxylation is 1. The van der Waals surface area contributed by atoms with Crippen LogP contribution >= 0.6 is 11.3 Å². The van der Waals surface area contributed by atoms with Crippen molar-refractivity contribution in [2.24, 2.45) is 11.8 Å². The normalized spacial score (nSPS) is 33.5. The van der Waals surface area contributed by atoms with Gasteiger partial charge < -0.3 is 5.32 Å². The van der Waals surface area contributed by atoms with Crippen molar-refractivity contribution in [1.82, 2.24) is 10.3 Å². The summed E-state index contributed by atoms with van der Waals surface area (Å²) >= 11 is 1.77. The van der Waals surface area contributed by atoms with E-state index in [1.54, 1.807) is 11.3 Å². The van der Waals surface area contributed by atoms with E-state index >= 15 is 0 Å². The summed E-state index contributed by atoms with van der Waals surface area (Å²) in [7, 11) is 0. The van der Waals surface area contributed by atoms with E-state index in [1.165, 1.54) is 17.8 Å². The van der Waals surface area contributed by atoms with E-state index in [2.05, 4.69) is 41.7 Å². The number of allylic oxidation sites excluding steroid dienone is 1. The van der Waals surface area contributed by atoms with Gasteiger partial charge in [-0.2, -0.15) is 0 Å². The summed E-state index contributed by atoms with van der Waals surface area (Å²) in [5.41, 5.74) is 1.14. The van der Waals surface area contributed by atoms with Gasteiger partial charge in [0.15, 0.2) is 0 Å². The number of nitrogens with one attached hydrogen (secondary N) is 1. The minimum Gasteiger partial charge on any atom is -0.305 e. The smallest absolute Gasteiger partial charge is 0.110 e. The van der Waals surface area contributed by atoms with E-state index in [9.17, 15) is 0 Å². The van der Waals surface area contributed by atoms with Gasteiger partial charge in [-0.05, 0) is 38.5 Å². The molecule has 4 unspecified atom stereocenters. The number of hydrogen-bond acceptors (Lipinski definition) is 3. The lowest BCUT2D eigenvalue weighted by molar-refractivity contribution is 0.152. The SMILES string of the molecule is Cc1csc(C(C)NC2CC3CC=CC32)n1. The molecule has 1 saturated carbocycles. The molecule has 0 aromatic carbocycles. The number of rotatable bonds is 3. The second kappa shape index (κ2) is 3.97. The highest BCUT2D eigenvalue weighted by Gasteiger charge is 2.41. The Kier molecular flexibility index (Phi) is 2.60. The zero-order chi connectivity index (χ0) is 11.1. The summed E-state index contributed by atoms with van der Waals surface area (Å²) in [6, 6.07) is 1.08. The van der Waals surface area contributed by atoms with Crippen LogP contribution in [0.1, 0.15) is 36.5 Å². The van der Waals surface area contributed by atoms with Gasteiger partial charge >= 0.3 is 0 Å². The first-order valence-corrected chi connectivity index (χ1v) is 6.97. The highest BCUT2D eigenvalue weighted by Crippen LogP contribution is 2.43. The zero-order valence-electron chi connectivity index (χ0n) is 9.81. The number of aromatic nitrogens is 1. The lowest BCUT2D eigenvalue weighted by Crippen LogP contribution is -2.48. The second-order valence-corrected chi connectivity index (χ2v) is 5.95. The molecular weight excluding hydrogens is 216 g/mol. The Morgan fingerprint density at radius 2 is 2.44 bits per heavy atom. The maximum absolute atomic E-state index is 4.55. The van der Waals surface area contributed by atoms with Gasteiger partial charge in [-0.3, -0.25) is 0 Å². The molecule has 0 aliphatic heterocycles. The molecule has 1 aromatic rings. The Bertz CT molecular complexity index is 410. The van der Waals surface area contributed by atoms with Crippen LogP contribution in [0.25, 0.3) is 0 Å². The van der Waals surface area contributed by atoms with Crippen molar-refractivity contribution in [2.75, 3.05) is 0 Å².